The zero-order valence-electron chi connectivity index (χ0n) is 5.04. The second kappa shape index (κ2) is 3.79. The molecule has 0 heterocycles. The van der Waals surface area contributed by atoms with Crippen LogP contribution in [0.3, 0.4) is 0 Å². The van der Waals surface area contributed by atoms with Crippen molar-refractivity contribution in [3.05, 3.63) is 19.1 Å². The molecule has 0 saturated carbocycles. The van der Waals surface area contributed by atoms with E-state index in [9.17, 15) is 0 Å². The van der Waals surface area contributed by atoms with Gasteiger partial charge in [-0.3, -0.25) is 0 Å². The van der Waals surface area contributed by atoms with Crippen molar-refractivity contribution in [3.8, 4) is 0 Å². The topological polar surface area (TPSA) is 0 Å². The zero-order chi connectivity index (χ0) is 5.70. The molecule has 7 heavy (non-hydrogen) atoms. The zero-order valence-corrected chi connectivity index (χ0v) is 5.04. The van der Waals surface area contributed by atoms with Gasteiger partial charge < -0.3 is 0 Å². The van der Waals surface area contributed by atoms with Gasteiger partial charge >= 0.3 is 0 Å². The standard InChI is InChI=1S/C7H13/c1-4-5-6-7(2)3/h2-6H2,1H3/q+1. The Morgan fingerprint density at radius 2 is 2.29 bits per heavy atom. The summed E-state index contributed by atoms with van der Waals surface area (Å²) in [7, 11) is 0. The first-order chi connectivity index (χ1) is 3.27. The lowest BCUT2D eigenvalue weighted by Crippen LogP contribution is -1.72. The van der Waals surface area contributed by atoms with Crippen LogP contribution in [0.2, 0.25) is 0 Å². The predicted molar refractivity (Wildman–Crippen MR) is 34.0 cm³/mol. The second-order valence-corrected chi connectivity index (χ2v) is 1.85. The molecule has 0 atom stereocenters. The summed E-state index contributed by atoms with van der Waals surface area (Å²) in [5, 5.41) is 0. The Balaban J connectivity index is 2.82. The van der Waals surface area contributed by atoms with E-state index in [0.29, 0.717) is 0 Å². The molecule has 0 spiro atoms. The minimum absolute atomic E-state index is 1.06. The second-order valence-electron chi connectivity index (χ2n) is 1.85. The average molecular weight is 97.2 g/mol. The largest absolute Gasteiger partial charge is 0.0964 e. The van der Waals surface area contributed by atoms with Gasteiger partial charge in [-0.15, -0.1) is 0 Å². The monoisotopic (exact) mass is 97.1 g/mol. The predicted octanol–water partition coefficient (Wildman–Crippen LogP) is 2.57. The van der Waals surface area contributed by atoms with Crippen LogP contribution < -0.4 is 0 Å². The summed E-state index contributed by atoms with van der Waals surface area (Å²) >= 11 is 0. The highest BCUT2D eigenvalue weighted by molar-refractivity contribution is 4.96. The van der Waals surface area contributed by atoms with Gasteiger partial charge in [-0.25, -0.2) is 0 Å². The molecule has 0 amide bonds. The molecule has 0 aromatic carbocycles. The number of hydrogen-bond donors (Lipinski definition) is 0. The summed E-state index contributed by atoms with van der Waals surface area (Å²) in [6, 6.07) is 0. The Hall–Kier alpha value is -0.390. The van der Waals surface area contributed by atoms with Crippen LogP contribution in [0.5, 0.6) is 0 Å². The quantitative estimate of drug-likeness (QED) is 0.475. The van der Waals surface area contributed by atoms with Crippen LogP contribution in [0, 0.1) is 6.92 Å². The number of allylic oxidation sites excluding steroid dienone is 1. The van der Waals surface area contributed by atoms with Crippen molar-refractivity contribution < 1.29 is 0 Å². The van der Waals surface area contributed by atoms with Crippen LogP contribution >= 0.6 is 0 Å². The highest BCUT2D eigenvalue weighted by Gasteiger charge is 1.88. The van der Waals surface area contributed by atoms with Gasteiger partial charge in [0.25, 0.3) is 0 Å². The molecular formula is C7H13+. The maximum absolute atomic E-state index is 3.68. The van der Waals surface area contributed by atoms with Gasteiger partial charge in [-0.1, -0.05) is 13.3 Å². The smallest absolute Gasteiger partial charge is 0.0654 e. The van der Waals surface area contributed by atoms with Crippen LogP contribution in [0.15, 0.2) is 12.2 Å². The molecule has 0 aliphatic heterocycles. The molecule has 0 bridgehead atoms. The van der Waals surface area contributed by atoms with E-state index in [-0.39, 0.29) is 0 Å². The summed E-state index contributed by atoms with van der Waals surface area (Å²) in [4.78, 5) is 0. The van der Waals surface area contributed by atoms with E-state index in [1.54, 1.807) is 0 Å². The lowest BCUT2D eigenvalue weighted by Gasteiger charge is -1.85. The highest BCUT2D eigenvalue weighted by Crippen LogP contribution is 2.00. The molecule has 0 N–H and O–H groups in total. The van der Waals surface area contributed by atoms with Crippen molar-refractivity contribution in [3.63, 3.8) is 0 Å². The lowest BCUT2D eigenvalue weighted by molar-refractivity contribution is 0.799. The Morgan fingerprint density at radius 3 is 2.43 bits per heavy atom. The first-order valence-corrected chi connectivity index (χ1v) is 2.77. The lowest BCUT2D eigenvalue weighted by atomic mass is 10.2. The number of hydrogen-bond acceptors (Lipinski definition) is 0. The third-order valence-electron chi connectivity index (χ3n) is 0.884. The molecule has 0 unspecified atom stereocenters. The normalized spacial score (nSPS) is 8.71. The number of rotatable bonds is 3. The van der Waals surface area contributed by atoms with Gasteiger partial charge in [-0.2, -0.15) is 0 Å². The molecule has 0 aromatic rings. The highest BCUT2D eigenvalue weighted by atomic mass is 13.9. The summed E-state index contributed by atoms with van der Waals surface area (Å²) in [5.74, 6) is 0. The first kappa shape index (κ1) is 6.61. The Morgan fingerprint density at radius 1 is 1.71 bits per heavy atom. The van der Waals surface area contributed by atoms with Gasteiger partial charge in [0.15, 0.2) is 0 Å². The molecular weight excluding hydrogens is 84.1 g/mol. The van der Waals surface area contributed by atoms with Gasteiger partial charge in [0.1, 0.15) is 0 Å². The van der Waals surface area contributed by atoms with E-state index < -0.39 is 0 Å². The van der Waals surface area contributed by atoms with Crippen molar-refractivity contribution >= 4 is 0 Å². The fraction of sp³-hybridized carbons (Fsp3) is 0.571. The first-order valence-electron chi connectivity index (χ1n) is 2.77. The van der Waals surface area contributed by atoms with Crippen molar-refractivity contribution in [2.75, 3.05) is 0 Å². The van der Waals surface area contributed by atoms with Gasteiger partial charge in [0.05, 0.1) is 5.57 Å². The van der Waals surface area contributed by atoms with Crippen LogP contribution in [0.25, 0.3) is 0 Å². The molecule has 0 fully saturated rings. The fourth-order valence-electron chi connectivity index (χ4n) is 0.427. The maximum atomic E-state index is 3.68. The Kier molecular flexibility index (Phi) is 3.58. The molecule has 0 heteroatoms. The average Bonchev–Trinajstić information content (AvgIpc) is 1.61. The molecule has 0 aromatic heterocycles. The molecule has 40 valence electrons. The van der Waals surface area contributed by atoms with E-state index in [4.69, 9.17) is 0 Å². The maximum Gasteiger partial charge on any atom is 0.0964 e. The summed E-state index contributed by atoms with van der Waals surface area (Å²) in [6.45, 7) is 9.53. The molecule has 0 saturated heterocycles. The third kappa shape index (κ3) is 5.61. The molecule has 0 rings (SSSR count). The molecule has 0 nitrogen and oxygen atoms in total. The van der Waals surface area contributed by atoms with Crippen molar-refractivity contribution in [1.29, 1.82) is 0 Å². The SMILES string of the molecule is C=C([CH2+])CCCC. The van der Waals surface area contributed by atoms with E-state index in [0.717, 1.165) is 12.0 Å². The van der Waals surface area contributed by atoms with Crippen LogP contribution in [0.4, 0.5) is 0 Å². The van der Waals surface area contributed by atoms with Crippen LogP contribution in [-0.4, -0.2) is 0 Å². The van der Waals surface area contributed by atoms with Gasteiger partial charge in [-0.05, 0) is 6.42 Å². The molecule has 0 radical (unpaired) electrons. The van der Waals surface area contributed by atoms with Gasteiger partial charge in [0, 0.05) is 19.9 Å². The third-order valence-corrected chi connectivity index (χ3v) is 0.884. The van der Waals surface area contributed by atoms with E-state index in [2.05, 4.69) is 20.4 Å². The molecule has 0 aliphatic carbocycles. The number of unbranched alkanes of at least 4 members (excludes halogenated alkanes) is 1. The minimum Gasteiger partial charge on any atom is -0.0654 e. The Labute approximate surface area is 46.2 Å². The van der Waals surface area contributed by atoms with Crippen LogP contribution in [0.1, 0.15) is 26.2 Å². The summed E-state index contributed by atoms with van der Waals surface area (Å²) < 4.78 is 0. The van der Waals surface area contributed by atoms with E-state index in [1.807, 2.05) is 0 Å². The van der Waals surface area contributed by atoms with E-state index >= 15 is 0 Å². The van der Waals surface area contributed by atoms with Gasteiger partial charge in [0.2, 0.25) is 0 Å². The minimum atomic E-state index is 1.06. The Bertz CT molecular complexity index is 53.1. The van der Waals surface area contributed by atoms with Crippen molar-refractivity contribution in [2.45, 2.75) is 26.2 Å². The summed E-state index contributed by atoms with van der Waals surface area (Å²) in [6.07, 6.45) is 3.58. The fourth-order valence-corrected chi connectivity index (χ4v) is 0.427. The van der Waals surface area contributed by atoms with Crippen molar-refractivity contribution in [1.82, 2.24) is 0 Å². The van der Waals surface area contributed by atoms with Crippen molar-refractivity contribution in [2.24, 2.45) is 0 Å². The molecule has 0 aliphatic rings. The van der Waals surface area contributed by atoms with Crippen LogP contribution in [-0.2, 0) is 0 Å². The summed E-state index contributed by atoms with van der Waals surface area (Å²) in [5.41, 5.74) is 1.06. The van der Waals surface area contributed by atoms with E-state index in [1.165, 1.54) is 12.8 Å².